The Bertz CT molecular complexity index is 427. The van der Waals surface area contributed by atoms with Gasteiger partial charge >= 0.3 is 0 Å². The zero-order valence-electron chi connectivity index (χ0n) is 11.5. The summed E-state index contributed by atoms with van der Waals surface area (Å²) in [5.74, 6) is 0. The summed E-state index contributed by atoms with van der Waals surface area (Å²) in [4.78, 5) is 0. The maximum atomic E-state index is 6.29. The van der Waals surface area contributed by atoms with Crippen molar-refractivity contribution in [2.75, 3.05) is 13.7 Å². The lowest BCUT2D eigenvalue weighted by molar-refractivity contribution is -0.0978. The normalized spacial score (nSPS) is 18.9. The predicted molar refractivity (Wildman–Crippen MR) is 81.2 cm³/mol. The summed E-state index contributed by atoms with van der Waals surface area (Å²) in [5, 5.41) is 4.83. The second-order valence-corrected chi connectivity index (χ2v) is 5.93. The molecule has 0 bridgehead atoms. The standard InChI is InChI=1S/C15H21Cl2NO/c1-3-18-13(15(19-2)8-5-9-15)10-11-6-4-7-12(16)14(11)17/h4,6-7,13,18H,3,5,8-10H2,1-2H3. The van der Waals surface area contributed by atoms with Crippen LogP contribution >= 0.6 is 23.2 Å². The van der Waals surface area contributed by atoms with E-state index in [2.05, 4.69) is 12.2 Å². The Labute approximate surface area is 125 Å². The van der Waals surface area contributed by atoms with Crippen LogP contribution in [0.25, 0.3) is 0 Å². The van der Waals surface area contributed by atoms with E-state index in [1.165, 1.54) is 6.42 Å². The van der Waals surface area contributed by atoms with Crippen molar-refractivity contribution in [2.45, 2.75) is 44.2 Å². The third-order valence-corrected chi connectivity index (χ3v) is 5.01. The number of hydrogen-bond acceptors (Lipinski definition) is 2. The number of hydrogen-bond donors (Lipinski definition) is 1. The van der Waals surface area contributed by atoms with Crippen LogP contribution in [0, 0.1) is 0 Å². The molecule has 1 aliphatic rings. The number of ether oxygens (including phenoxy) is 1. The maximum absolute atomic E-state index is 6.29. The van der Waals surface area contributed by atoms with Gasteiger partial charge in [0.25, 0.3) is 0 Å². The summed E-state index contributed by atoms with van der Waals surface area (Å²) in [6.07, 6.45) is 4.30. The van der Waals surface area contributed by atoms with Crippen LogP contribution in [-0.4, -0.2) is 25.3 Å². The minimum atomic E-state index is -0.0400. The maximum Gasteiger partial charge on any atom is 0.0834 e. The fraction of sp³-hybridized carbons (Fsp3) is 0.600. The minimum absolute atomic E-state index is 0.0400. The molecule has 1 aliphatic carbocycles. The first-order valence-electron chi connectivity index (χ1n) is 6.84. The van der Waals surface area contributed by atoms with E-state index in [-0.39, 0.29) is 11.6 Å². The quantitative estimate of drug-likeness (QED) is 0.855. The molecule has 0 amide bonds. The fourth-order valence-electron chi connectivity index (χ4n) is 2.84. The molecule has 0 saturated heterocycles. The Morgan fingerprint density at radius 3 is 2.63 bits per heavy atom. The molecule has 1 N–H and O–H groups in total. The van der Waals surface area contributed by atoms with Crippen LogP contribution in [-0.2, 0) is 11.2 Å². The van der Waals surface area contributed by atoms with E-state index in [9.17, 15) is 0 Å². The molecule has 1 saturated carbocycles. The second-order valence-electron chi connectivity index (χ2n) is 5.15. The number of benzene rings is 1. The predicted octanol–water partition coefficient (Wildman–Crippen LogP) is 4.08. The topological polar surface area (TPSA) is 21.3 Å². The van der Waals surface area contributed by atoms with Crippen LogP contribution in [0.2, 0.25) is 10.0 Å². The lowest BCUT2D eigenvalue weighted by Crippen LogP contribution is -2.57. The van der Waals surface area contributed by atoms with E-state index in [0.717, 1.165) is 31.4 Å². The summed E-state index contributed by atoms with van der Waals surface area (Å²) in [6, 6.07) is 6.10. The van der Waals surface area contributed by atoms with Gasteiger partial charge in [0.2, 0.25) is 0 Å². The Morgan fingerprint density at radius 2 is 2.11 bits per heavy atom. The molecule has 0 spiro atoms. The average Bonchev–Trinajstić information content (AvgIpc) is 2.34. The average molecular weight is 302 g/mol. The van der Waals surface area contributed by atoms with E-state index in [1.54, 1.807) is 0 Å². The number of halogens is 2. The molecule has 1 aromatic rings. The first-order valence-corrected chi connectivity index (χ1v) is 7.60. The summed E-state index contributed by atoms with van der Waals surface area (Å²) in [7, 11) is 1.81. The summed E-state index contributed by atoms with van der Waals surface area (Å²) < 4.78 is 5.79. The lowest BCUT2D eigenvalue weighted by Gasteiger charge is -2.47. The zero-order chi connectivity index (χ0) is 13.9. The van der Waals surface area contributed by atoms with E-state index < -0.39 is 0 Å². The Hall–Kier alpha value is -0.280. The zero-order valence-corrected chi connectivity index (χ0v) is 13.0. The highest BCUT2D eigenvalue weighted by atomic mass is 35.5. The van der Waals surface area contributed by atoms with Crippen LogP contribution in [0.5, 0.6) is 0 Å². The first kappa shape index (κ1) is 15.1. The first-order chi connectivity index (χ1) is 9.13. The minimum Gasteiger partial charge on any atom is -0.377 e. The monoisotopic (exact) mass is 301 g/mol. The van der Waals surface area contributed by atoms with Gasteiger partial charge in [0, 0.05) is 13.2 Å². The van der Waals surface area contributed by atoms with E-state index >= 15 is 0 Å². The van der Waals surface area contributed by atoms with Gasteiger partial charge < -0.3 is 10.1 Å². The van der Waals surface area contributed by atoms with E-state index in [0.29, 0.717) is 10.0 Å². The molecule has 1 aromatic carbocycles. The van der Waals surface area contributed by atoms with Crippen molar-refractivity contribution in [2.24, 2.45) is 0 Å². The molecule has 1 unspecified atom stereocenters. The molecule has 106 valence electrons. The Kier molecular flexibility index (Phi) is 5.13. The summed E-state index contributed by atoms with van der Waals surface area (Å²) in [6.45, 7) is 3.04. The van der Waals surface area contributed by atoms with Gasteiger partial charge in [-0.2, -0.15) is 0 Å². The molecule has 19 heavy (non-hydrogen) atoms. The molecule has 0 heterocycles. The molecule has 4 heteroatoms. The molecule has 2 rings (SSSR count). The highest BCUT2D eigenvalue weighted by Gasteiger charge is 2.44. The van der Waals surface area contributed by atoms with Crippen molar-refractivity contribution >= 4 is 23.2 Å². The van der Waals surface area contributed by atoms with Crippen molar-refractivity contribution in [1.82, 2.24) is 5.32 Å². The smallest absolute Gasteiger partial charge is 0.0834 e. The van der Waals surface area contributed by atoms with Gasteiger partial charge in [-0.15, -0.1) is 0 Å². The van der Waals surface area contributed by atoms with Gasteiger partial charge in [0.1, 0.15) is 0 Å². The third kappa shape index (κ3) is 3.08. The van der Waals surface area contributed by atoms with Gasteiger partial charge in [-0.25, -0.2) is 0 Å². The van der Waals surface area contributed by atoms with Crippen LogP contribution in [0.4, 0.5) is 0 Å². The highest BCUT2D eigenvalue weighted by molar-refractivity contribution is 6.42. The summed E-state index contributed by atoms with van der Waals surface area (Å²) in [5.41, 5.74) is 1.05. The van der Waals surface area contributed by atoms with Gasteiger partial charge in [0.15, 0.2) is 0 Å². The lowest BCUT2D eigenvalue weighted by atomic mass is 9.72. The molecule has 0 aromatic heterocycles. The van der Waals surface area contributed by atoms with Crippen LogP contribution in [0.15, 0.2) is 18.2 Å². The number of methoxy groups -OCH3 is 1. The van der Waals surface area contributed by atoms with Crippen molar-refractivity contribution in [3.63, 3.8) is 0 Å². The second kappa shape index (κ2) is 6.45. The van der Waals surface area contributed by atoms with Crippen molar-refractivity contribution in [1.29, 1.82) is 0 Å². The molecule has 0 aliphatic heterocycles. The molecule has 0 radical (unpaired) electrons. The highest BCUT2D eigenvalue weighted by Crippen LogP contribution is 2.40. The Morgan fingerprint density at radius 1 is 1.37 bits per heavy atom. The number of likely N-dealkylation sites (N-methyl/N-ethyl adjacent to an activating group) is 1. The molecule has 1 fully saturated rings. The molecular formula is C15H21Cl2NO. The van der Waals surface area contributed by atoms with E-state index in [1.807, 2.05) is 25.3 Å². The van der Waals surface area contributed by atoms with Gasteiger partial charge in [0.05, 0.1) is 15.6 Å². The van der Waals surface area contributed by atoms with Crippen LogP contribution in [0.3, 0.4) is 0 Å². The van der Waals surface area contributed by atoms with E-state index in [4.69, 9.17) is 27.9 Å². The Balaban J connectivity index is 2.19. The number of nitrogens with one attached hydrogen (secondary N) is 1. The summed E-state index contributed by atoms with van der Waals surface area (Å²) >= 11 is 12.4. The van der Waals surface area contributed by atoms with Crippen LogP contribution < -0.4 is 5.32 Å². The van der Waals surface area contributed by atoms with Crippen molar-refractivity contribution in [3.05, 3.63) is 33.8 Å². The van der Waals surface area contributed by atoms with Crippen molar-refractivity contribution < 1.29 is 4.74 Å². The van der Waals surface area contributed by atoms with Crippen molar-refractivity contribution in [3.8, 4) is 0 Å². The molecular weight excluding hydrogens is 281 g/mol. The fourth-order valence-corrected chi connectivity index (χ4v) is 3.23. The largest absolute Gasteiger partial charge is 0.377 e. The van der Waals surface area contributed by atoms with Gasteiger partial charge in [-0.3, -0.25) is 0 Å². The number of rotatable bonds is 6. The third-order valence-electron chi connectivity index (χ3n) is 4.15. The van der Waals surface area contributed by atoms with Gasteiger partial charge in [-0.1, -0.05) is 42.3 Å². The van der Waals surface area contributed by atoms with Crippen LogP contribution in [0.1, 0.15) is 31.7 Å². The SMILES string of the molecule is CCNC(Cc1cccc(Cl)c1Cl)C1(OC)CCC1. The van der Waals surface area contributed by atoms with Gasteiger partial charge in [-0.05, 0) is 43.9 Å². The molecule has 2 nitrogen and oxygen atoms in total. The molecule has 1 atom stereocenters.